The lowest BCUT2D eigenvalue weighted by molar-refractivity contribution is 0.270. The molecule has 0 saturated carbocycles. The predicted molar refractivity (Wildman–Crippen MR) is 53.9 cm³/mol. The van der Waals surface area contributed by atoms with Gasteiger partial charge in [0, 0.05) is 21.6 Å². The summed E-state index contributed by atoms with van der Waals surface area (Å²) in [5.74, 6) is 0. The number of hydrogen-bond acceptors (Lipinski definition) is 1. The zero-order valence-corrected chi connectivity index (χ0v) is 8.60. The molecule has 12 heavy (non-hydrogen) atoms. The maximum atomic E-state index is 10.6. The topological polar surface area (TPSA) is 29.1 Å². The van der Waals surface area contributed by atoms with Gasteiger partial charge in [-0.3, -0.25) is 4.79 Å². The molecule has 64 valence electrons. The number of benzene rings is 1. The lowest BCUT2D eigenvalue weighted by Gasteiger charge is -2.03. The lowest BCUT2D eigenvalue weighted by Crippen LogP contribution is -2.00. The number of carbonyl (C=O) groups is 1. The zero-order chi connectivity index (χ0) is 9.14. The number of rotatable bonds is 1. The molecule has 0 atom stereocenters. The molecule has 0 aliphatic rings. The third kappa shape index (κ3) is 2.66. The van der Waals surface area contributed by atoms with E-state index >= 15 is 0 Å². The number of nitrogens with one attached hydrogen (secondary N) is 1. The molecule has 0 aliphatic heterocycles. The van der Waals surface area contributed by atoms with Crippen LogP contribution in [0, 0.1) is 13.8 Å². The largest absolute Gasteiger partial charge is 0.317 e. The lowest BCUT2D eigenvalue weighted by atomic mass is 10.1. The van der Waals surface area contributed by atoms with Gasteiger partial charge in [0.1, 0.15) is 0 Å². The summed E-state index contributed by atoms with van der Waals surface area (Å²) in [6, 6.07) is 5.90. The second-order valence-electron chi connectivity index (χ2n) is 2.78. The average molecular weight is 228 g/mol. The maximum absolute atomic E-state index is 10.6. The van der Waals surface area contributed by atoms with Crippen molar-refractivity contribution in [3.05, 3.63) is 29.3 Å². The normalized spacial score (nSPS) is 9.58. The van der Waals surface area contributed by atoms with Gasteiger partial charge < -0.3 is 5.32 Å². The average Bonchev–Trinajstić information content (AvgIpc) is 1.81. The molecule has 0 unspecified atom stereocenters. The monoisotopic (exact) mass is 227 g/mol. The summed E-state index contributed by atoms with van der Waals surface area (Å²) >= 11 is 2.81. The molecule has 1 amide bonds. The minimum atomic E-state index is -0.215. The number of anilines is 1. The molecule has 0 saturated heterocycles. The Morgan fingerprint density at radius 3 is 2.17 bits per heavy atom. The van der Waals surface area contributed by atoms with Crippen LogP contribution in [0.2, 0.25) is 0 Å². The van der Waals surface area contributed by atoms with Gasteiger partial charge in [-0.25, -0.2) is 0 Å². The molecule has 0 fully saturated rings. The Kier molecular flexibility index (Phi) is 2.87. The summed E-state index contributed by atoms with van der Waals surface area (Å²) in [7, 11) is 0. The summed E-state index contributed by atoms with van der Waals surface area (Å²) in [6.07, 6.45) is 0. The van der Waals surface area contributed by atoms with Crippen LogP contribution in [0.1, 0.15) is 11.1 Å². The Morgan fingerprint density at radius 1 is 1.25 bits per heavy atom. The van der Waals surface area contributed by atoms with Gasteiger partial charge >= 0.3 is 0 Å². The van der Waals surface area contributed by atoms with Gasteiger partial charge in [0.2, 0.25) is 0 Å². The van der Waals surface area contributed by atoms with E-state index in [1.165, 1.54) is 0 Å². The molecule has 1 N–H and O–H groups in total. The molecule has 0 aliphatic carbocycles. The Morgan fingerprint density at radius 2 is 1.75 bits per heavy atom. The fourth-order valence-corrected chi connectivity index (χ4v) is 1.39. The molecule has 3 heteroatoms. The summed E-state index contributed by atoms with van der Waals surface area (Å²) in [5.41, 5.74) is 3.12. The number of halogens is 1. The van der Waals surface area contributed by atoms with Crippen LogP contribution in [0.25, 0.3) is 0 Å². The van der Waals surface area contributed by atoms with Crippen LogP contribution in [0.15, 0.2) is 18.2 Å². The fraction of sp³-hybridized carbons (Fsp3) is 0.222. The molecule has 1 aromatic carbocycles. The minimum Gasteiger partial charge on any atom is -0.317 e. The molecule has 0 spiro atoms. The van der Waals surface area contributed by atoms with E-state index in [1.54, 1.807) is 0 Å². The summed E-state index contributed by atoms with van der Waals surface area (Å²) in [5, 5.41) is 2.66. The van der Waals surface area contributed by atoms with Crippen molar-refractivity contribution in [2.24, 2.45) is 0 Å². The summed E-state index contributed by atoms with van der Waals surface area (Å²) < 4.78 is 0. The van der Waals surface area contributed by atoms with E-state index in [1.807, 2.05) is 26.0 Å². The smallest absolute Gasteiger partial charge is 0.291 e. The van der Waals surface area contributed by atoms with E-state index in [-0.39, 0.29) is 4.82 Å². The van der Waals surface area contributed by atoms with Crippen molar-refractivity contribution < 1.29 is 4.79 Å². The van der Waals surface area contributed by atoms with E-state index in [0.29, 0.717) is 0 Å². The van der Waals surface area contributed by atoms with Crippen molar-refractivity contribution in [3.63, 3.8) is 0 Å². The molecular formula is C9H10BrNO. The molecule has 1 aromatic rings. The highest BCUT2D eigenvalue weighted by Gasteiger charge is 1.97. The van der Waals surface area contributed by atoms with Crippen LogP contribution in [0.5, 0.6) is 0 Å². The molecular weight excluding hydrogens is 218 g/mol. The van der Waals surface area contributed by atoms with Gasteiger partial charge in [-0.2, -0.15) is 0 Å². The van der Waals surface area contributed by atoms with Crippen LogP contribution < -0.4 is 5.32 Å². The third-order valence-corrected chi connectivity index (χ3v) is 1.66. The third-order valence-electron chi connectivity index (χ3n) is 1.46. The first-order valence-corrected chi connectivity index (χ1v) is 4.42. The van der Waals surface area contributed by atoms with Gasteiger partial charge in [0.05, 0.1) is 0 Å². The molecule has 0 heterocycles. The van der Waals surface area contributed by atoms with Crippen molar-refractivity contribution >= 4 is 26.4 Å². The number of hydrogen-bond donors (Lipinski definition) is 1. The summed E-state index contributed by atoms with van der Waals surface area (Å²) in [4.78, 5) is 10.4. The molecule has 0 aromatic heterocycles. The second kappa shape index (κ2) is 3.72. The predicted octanol–water partition coefficient (Wildman–Crippen LogP) is 3.23. The van der Waals surface area contributed by atoms with E-state index < -0.39 is 0 Å². The van der Waals surface area contributed by atoms with E-state index in [0.717, 1.165) is 16.8 Å². The van der Waals surface area contributed by atoms with E-state index in [9.17, 15) is 4.79 Å². The van der Waals surface area contributed by atoms with Gasteiger partial charge in [0.25, 0.3) is 4.82 Å². The standard InChI is InChI=1S/C9H10BrNO/c1-6-3-7(2)5-8(4-6)11-9(10)12/h3-5H,1-2H3,(H,11,12). The van der Waals surface area contributed by atoms with Gasteiger partial charge in [-0.05, 0) is 37.1 Å². The number of amides is 1. The molecule has 1 rings (SSSR count). The minimum absolute atomic E-state index is 0.215. The van der Waals surface area contributed by atoms with E-state index in [2.05, 4.69) is 27.3 Å². The molecule has 2 nitrogen and oxygen atoms in total. The van der Waals surface area contributed by atoms with Crippen LogP contribution in [-0.2, 0) is 0 Å². The van der Waals surface area contributed by atoms with E-state index in [4.69, 9.17) is 0 Å². The zero-order valence-electron chi connectivity index (χ0n) is 7.02. The summed E-state index contributed by atoms with van der Waals surface area (Å²) in [6.45, 7) is 3.99. The first kappa shape index (κ1) is 9.26. The van der Waals surface area contributed by atoms with Gasteiger partial charge in [-0.1, -0.05) is 6.07 Å². The van der Waals surface area contributed by atoms with Crippen LogP contribution in [-0.4, -0.2) is 4.82 Å². The molecule has 0 radical (unpaired) electrons. The maximum Gasteiger partial charge on any atom is 0.291 e. The van der Waals surface area contributed by atoms with Crippen LogP contribution in [0.4, 0.5) is 10.5 Å². The first-order valence-electron chi connectivity index (χ1n) is 3.63. The highest BCUT2D eigenvalue weighted by Crippen LogP contribution is 2.14. The van der Waals surface area contributed by atoms with Crippen LogP contribution in [0.3, 0.4) is 0 Å². The number of carbonyl (C=O) groups excluding carboxylic acids is 1. The van der Waals surface area contributed by atoms with Crippen molar-refractivity contribution in [2.75, 3.05) is 5.32 Å². The molecule has 0 bridgehead atoms. The Labute approximate surface area is 80.1 Å². The fourth-order valence-electron chi connectivity index (χ4n) is 1.16. The Hall–Kier alpha value is -0.830. The first-order chi connectivity index (χ1) is 5.58. The van der Waals surface area contributed by atoms with Crippen LogP contribution >= 0.6 is 15.9 Å². The highest BCUT2D eigenvalue weighted by molar-refractivity contribution is 9.18. The SMILES string of the molecule is Cc1cc(C)cc(NC(=O)Br)c1. The quantitative estimate of drug-likeness (QED) is 0.580. The van der Waals surface area contributed by atoms with Crippen molar-refractivity contribution in [3.8, 4) is 0 Å². The van der Waals surface area contributed by atoms with Crippen molar-refractivity contribution in [1.29, 1.82) is 0 Å². The number of aryl methyl sites for hydroxylation is 2. The highest BCUT2D eigenvalue weighted by atomic mass is 79.9. The van der Waals surface area contributed by atoms with Crippen molar-refractivity contribution in [2.45, 2.75) is 13.8 Å². The Bertz CT molecular complexity index is 289. The Balaban J connectivity index is 2.93. The van der Waals surface area contributed by atoms with Crippen molar-refractivity contribution in [1.82, 2.24) is 0 Å². The van der Waals surface area contributed by atoms with Gasteiger partial charge in [0.15, 0.2) is 0 Å². The van der Waals surface area contributed by atoms with Gasteiger partial charge in [-0.15, -0.1) is 0 Å². The second-order valence-corrected chi connectivity index (χ2v) is 3.50.